The van der Waals surface area contributed by atoms with Gasteiger partial charge >= 0.3 is 13.3 Å². The van der Waals surface area contributed by atoms with E-state index in [4.69, 9.17) is 4.74 Å². The molecule has 1 rings (SSSR count). The molecule has 0 radical (unpaired) electrons. The van der Waals surface area contributed by atoms with E-state index < -0.39 is 17.7 Å². The summed E-state index contributed by atoms with van der Waals surface area (Å²) in [5.74, 6) is -0.00720. The number of hydrogen-bond donors (Lipinski definition) is 2. The summed E-state index contributed by atoms with van der Waals surface area (Å²) in [6, 6.07) is 3.93. The summed E-state index contributed by atoms with van der Waals surface area (Å²) >= 11 is 0. The molecule has 7 nitrogen and oxygen atoms in total. The van der Waals surface area contributed by atoms with E-state index in [2.05, 4.69) is 0 Å². The van der Waals surface area contributed by atoms with Gasteiger partial charge in [0.05, 0.1) is 17.2 Å². The van der Waals surface area contributed by atoms with Crippen molar-refractivity contribution < 1.29 is 24.0 Å². The number of nitro benzene ring substituents is 1. The molecule has 20 heavy (non-hydrogen) atoms. The maximum atomic E-state index is 11.9. The van der Waals surface area contributed by atoms with Gasteiger partial charge in [-0.05, 0) is 24.5 Å². The Hall–Kier alpha value is -1.43. The molecular formula is C12H18NO6P. The molecule has 2 N–H and O–H groups in total. The van der Waals surface area contributed by atoms with Crippen LogP contribution in [0.25, 0.3) is 0 Å². The fraction of sp³-hybridized carbons (Fsp3) is 0.500. The van der Waals surface area contributed by atoms with Crippen molar-refractivity contribution in [2.45, 2.75) is 31.8 Å². The molecule has 0 amide bonds. The first kappa shape index (κ1) is 16.6. The van der Waals surface area contributed by atoms with E-state index >= 15 is 0 Å². The highest BCUT2D eigenvalue weighted by Gasteiger charge is 2.45. The lowest BCUT2D eigenvalue weighted by atomic mass is 9.92. The first-order valence-corrected chi connectivity index (χ1v) is 7.73. The Kier molecular flexibility index (Phi) is 4.91. The Bertz CT molecular complexity index is 549. The highest BCUT2D eigenvalue weighted by molar-refractivity contribution is 7.53. The van der Waals surface area contributed by atoms with Crippen molar-refractivity contribution in [1.29, 1.82) is 0 Å². The molecular weight excluding hydrogens is 285 g/mol. The summed E-state index contributed by atoms with van der Waals surface area (Å²) in [4.78, 5) is 29.6. The lowest BCUT2D eigenvalue weighted by Crippen LogP contribution is -2.24. The third-order valence-electron chi connectivity index (χ3n) is 3.64. The molecule has 112 valence electrons. The molecule has 0 aliphatic heterocycles. The molecule has 0 saturated heterocycles. The molecule has 0 spiro atoms. The Labute approximate surface area is 116 Å². The first-order valence-electron chi connectivity index (χ1n) is 6.12. The summed E-state index contributed by atoms with van der Waals surface area (Å²) in [7, 11) is -3.14. The topological polar surface area (TPSA) is 110 Å². The zero-order valence-electron chi connectivity index (χ0n) is 11.6. The van der Waals surface area contributed by atoms with Gasteiger partial charge in [0.2, 0.25) is 0 Å². The van der Waals surface area contributed by atoms with E-state index in [1.165, 1.54) is 25.3 Å². The van der Waals surface area contributed by atoms with E-state index in [-0.39, 0.29) is 24.3 Å². The minimum atomic E-state index is -4.42. The fourth-order valence-corrected chi connectivity index (χ4v) is 3.66. The van der Waals surface area contributed by atoms with Crippen LogP contribution >= 0.6 is 7.60 Å². The van der Waals surface area contributed by atoms with Crippen LogP contribution in [0.2, 0.25) is 0 Å². The van der Waals surface area contributed by atoms with Crippen molar-refractivity contribution in [1.82, 2.24) is 0 Å². The molecule has 1 aromatic rings. The van der Waals surface area contributed by atoms with E-state index in [1.807, 2.05) is 0 Å². The number of benzene rings is 1. The second-order valence-corrected chi connectivity index (χ2v) is 6.37. The number of nitrogens with zero attached hydrogens (tertiary/aromatic N) is 1. The van der Waals surface area contributed by atoms with Gasteiger partial charge in [-0.3, -0.25) is 14.7 Å². The van der Waals surface area contributed by atoms with Gasteiger partial charge in [0, 0.05) is 6.07 Å². The molecule has 0 atom stereocenters. The zero-order chi connectivity index (χ0) is 15.6. The van der Waals surface area contributed by atoms with Gasteiger partial charge in [-0.2, -0.15) is 0 Å². The van der Waals surface area contributed by atoms with Crippen LogP contribution in [0.4, 0.5) is 5.69 Å². The van der Waals surface area contributed by atoms with Crippen LogP contribution in [0.1, 0.15) is 32.3 Å². The van der Waals surface area contributed by atoms with Crippen molar-refractivity contribution in [2.24, 2.45) is 0 Å². The van der Waals surface area contributed by atoms with Crippen LogP contribution in [-0.4, -0.2) is 21.8 Å². The molecule has 8 heteroatoms. The Morgan fingerprint density at radius 1 is 1.35 bits per heavy atom. The monoisotopic (exact) mass is 303 g/mol. The van der Waals surface area contributed by atoms with Crippen LogP contribution in [-0.2, 0) is 9.72 Å². The fourth-order valence-electron chi connectivity index (χ4n) is 2.36. The normalized spacial score (nSPS) is 12.2. The first-order chi connectivity index (χ1) is 9.23. The Balaban J connectivity index is 3.52. The third-order valence-corrected chi connectivity index (χ3v) is 5.65. The Morgan fingerprint density at radius 2 is 1.90 bits per heavy atom. The van der Waals surface area contributed by atoms with E-state index in [0.29, 0.717) is 5.56 Å². The number of ether oxygens (including phenoxy) is 1. The number of nitro groups is 1. The molecule has 0 aliphatic carbocycles. The predicted molar refractivity (Wildman–Crippen MR) is 74.0 cm³/mol. The molecule has 0 fully saturated rings. The Morgan fingerprint density at radius 3 is 2.25 bits per heavy atom. The molecule has 0 saturated carbocycles. The minimum absolute atomic E-state index is 0.00720. The SMILES string of the molecule is CCC(CC)(c1ccc([N+](=O)[O-])c(OC)c1)P(=O)(O)O. The second-order valence-electron chi connectivity index (χ2n) is 4.43. The van der Waals surface area contributed by atoms with Crippen LogP contribution in [0.5, 0.6) is 5.75 Å². The average Bonchev–Trinajstić information content (AvgIpc) is 2.38. The van der Waals surface area contributed by atoms with Crippen LogP contribution in [0, 0.1) is 10.1 Å². The molecule has 0 unspecified atom stereocenters. The van der Waals surface area contributed by atoms with E-state index in [0.717, 1.165) is 0 Å². The average molecular weight is 303 g/mol. The summed E-state index contributed by atoms with van der Waals surface area (Å²) in [5.41, 5.74) is 0.112. The smallest absolute Gasteiger partial charge is 0.335 e. The number of methoxy groups -OCH3 is 1. The van der Waals surface area contributed by atoms with Gasteiger partial charge in [0.25, 0.3) is 0 Å². The van der Waals surface area contributed by atoms with Crippen molar-refractivity contribution in [3.63, 3.8) is 0 Å². The van der Waals surface area contributed by atoms with Crippen LogP contribution < -0.4 is 4.74 Å². The van der Waals surface area contributed by atoms with Crippen molar-refractivity contribution >= 4 is 13.3 Å². The minimum Gasteiger partial charge on any atom is -0.490 e. The molecule has 0 heterocycles. The lowest BCUT2D eigenvalue weighted by Gasteiger charge is -2.32. The van der Waals surface area contributed by atoms with Crippen LogP contribution in [0.15, 0.2) is 18.2 Å². The summed E-state index contributed by atoms with van der Waals surface area (Å²) < 4.78 is 16.8. The summed E-state index contributed by atoms with van der Waals surface area (Å²) in [6.07, 6.45) is 0.434. The maximum Gasteiger partial charge on any atom is 0.335 e. The van der Waals surface area contributed by atoms with Gasteiger partial charge in [0.1, 0.15) is 0 Å². The van der Waals surface area contributed by atoms with E-state index in [1.54, 1.807) is 13.8 Å². The third kappa shape index (κ3) is 2.70. The van der Waals surface area contributed by atoms with Gasteiger partial charge in [-0.1, -0.05) is 19.9 Å². The van der Waals surface area contributed by atoms with Gasteiger partial charge in [0.15, 0.2) is 5.75 Å². The number of hydrogen-bond acceptors (Lipinski definition) is 4. The van der Waals surface area contributed by atoms with Crippen molar-refractivity contribution in [3.05, 3.63) is 33.9 Å². The van der Waals surface area contributed by atoms with Gasteiger partial charge < -0.3 is 14.5 Å². The highest BCUT2D eigenvalue weighted by Crippen LogP contribution is 2.61. The summed E-state index contributed by atoms with van der Waals surface area (Å²) in [5, 5.41) is 9.50. The lowest BCUT2D eigenvalue weighted by molar-refractivity contribution is -0.385. The number of rotatable bonds is 6. The van der Waals surface area contributed by atoms with Gasteiger partial charge in [-0.15, -0.1) is 0 Å². The highest BCUT2D eigenvalue weighted by atomic mass is 31.2. The molecule has 0 aliphatic rings. The standard InChI is InChI=1S/C12H18NO6P/c1-4-12(5-2,20(16,17)18)9-6-7-10(13(14)15)11(8-9)19-3/h6-8H,4-5H2,1-3H3,(H2,16,17,18). The molecule has 0 bridgehead atoms. The summed E-state index contributed by atoms with van der Waals surface area (Å²) in [6.45, 7) is 3.35. The van der Waals surface area contributed by atoms with Crippen molar-refractivity contribution in [3.8, 4) is 5.75 Å². The largest absolute Gasteiger partial charge is 0.490 e. The molecule has 1 aromatic carbocycles. The maximum absolute atomic E-state index is 11.9. The van der Waals surface area contributed by atoms with Crippen LogP contribution in [0.3, 0.4) is 0 Å². The second kappa shape index (κ2) is 5.91. The van der Waals surface area contributed by atoms with Gasteiger partial charge in [-0.25, -0.2) is 0 Å². The van der Waals surface area contributed by atoms with E-state index in [9.17, 15) is 24.5 Å². The molecule has 0 aromatic heterocycles. The predicted octanol–water partition coefficient (Wildman–Crippen LogP) is 2.80. The zero-order valence-corrected chi connectivity index (χ0v) is 12.5. The van der Waals surface area contributed by atoms with Crippen molar-refractivity contribution in [2.75, 3.05) is 7.11 Å². The quantitative estimate of drug-likeness (QED) is 0.475.